The Morgan fingerprint density at radius 3 is 2.59 bits per heavy atom. The summed E-state index contributed by atoms with van der Waals surface area (Å²) in [4.78, 5) is 29.6. The number of ether oxygens (including phenoxy) is 1. The lowest BCUT2D eigenvalue weighted by Gasteiger charge is -2.33. The van der Waals surface area contributed by atoms with Crippen molar-refractivity contribution in [2.75, 3.05) is 30.7 Å². The first kappa shape index (κ1) is 25.3. The van der Waals surface area contributed by atoms with Crippen molar-refractivity contribution in [2.24, 2.45) is 0 Å². The fraction of sp³-hybridized carbons (Fsp3) is 0.480. The number of aromatic nitrogens is 1. The molecule has 0 bridgehead atoms. The summed E-state index contributed by atoms with van der Waals surface area (Å²) in [6.45, 7) is 6.49. The van der Waals surface area contributed by atoms with Gasteiger partial charge >= 0.3 is 6.09 Å². The zero-order chi connectivity index (χ0) is 24.7. The molecule has 8 nitrogen and oxygen atoms in total. The van der Waals surface area contributed by atoms with Gasteiger partial charge in [0.1, 0.15) is 11.6 Å². The molecule has 4 N–H and O–H groups in total. The van der Waals surface area contributed by atoms with E-state index in [1.807, 2.05) is 13.0 Å². The maximum Gasteiger partial charge on any atom is 0.410 e. The third kappa shape index (κ3) is 7.07. The molecule has 2 atom stereocenters. The number of pyridine rings is 1. The van der Waals surface area contributed by atoms with Crippen molar-refractivity contribution >= 4 is 24.0 Å². The number of carbonyl (C=O) groups is 2. The number of carbonyl (C=O) groups excluding carboxylic acids is 2. The van der Waals surface area contributed by atoms with Gasteiger partial charge in [-0.2, -0.15) is 0 Å². The number of hydrogen-bond donors (Lipinski definition) is 3. The molecule has 1 aliphatic rings. The lowest BCUT2D eigenvalue weighted by Crippen LogP contribution is -2.47. The molecule has 184 valence electrons. The lowest BCUT2D eigenvalue weighted by molar-refractivity contribution is -0.109. The Bertz CT molecular complexity index is 966. The predicted octanol–water partition coefficient (Wildman–Crippen LogP) is 3.86. The minimum absolute atomic E-state index is 0.180. The number of amides is 2. The number of hydrogen-bond acceptors (Lipinski definition) is 6. The summed E-state index contributed by atoms with van der Waals surface area (Å²) in [7, 11) is 0. The largest absolute Gasteiger partial charge is 0.447 e. The van der Waals surface area contributed by atoms with Crippen LogP contribution in [0.5, 0.6) is 0 Å². The maximum absolute atomic E-state index is 13.6. The van der Waals surface area contributed by atoms with Gasteiger partial charge in [-0.25, -0.2) is 14.2 Å². The molecule has 1 aliphatic carbocycles. The second-order valence-corrected chi connectivity index (χ2v) is 9.06. The smallest absolute Gasteiger partial charge is 0.410 e. The molecule has 1 saturated carbocycles. The van der Waals surface area contributed by atoms with Crippen molar-refractivity contribution < 1.29 is 18.7 Å². The molecule has 0 aliphatic heterocycles. The highest BCUT2D eigenvalue weighted by atomic mass is 19.1. The number of rotatable bonds is 12. The van der Waals surface area contributed by atoms with Gasteiger partial charge in [0.2, 0.25) is 6.41 Å². The summed E-state index contributed by atoms with van der Waals surface area (Å²) >= 11 is 0. The van der Waals surface area contributed by atoms with Gasteiger partial charge in [0.25, 0.3) is 0 Å². The standard InChI is InChI=1S/C25H34FN5O3/c1-16(2)34-25(33)31(17(3)11-28-15-32)14-20(18-6-8-21(26)9-7-18)12-29-22-10-23(19-4-5-19)24(27)30-13-22/h6-10,13,15-17,19-20,29H,4-5,11-12,14H2,1-3H3,(H2,27,30)(H,28,32)/t17?,20-/m1/s1. The van der Waals surface area contributed by atoms with Crippen LogP contribution in [0.3, 0.4) is 0 Å². The van der Waals surface area contributed by atoms with Crippen molar-refractivity contribution in [1.29, 1.82) is 0 Å². The number of nitrogens with zero attached hydrogens (tertiary/aromatic N) is 2. The van der Waals surface area contributed by atoms with Crippen LogP contribution in [0.4, 0.5) is 20.7 Å². The molecule has 1 unspecified atom stereocenters. The van der Waals surface area contributed by atoms with E-state index in [4.69, 9.17) is 10.5 Å². The van der Waals surface area contributed by atoms with Gasteiger partial charge < -0.3 is 26.0 Å². The Morgan fingerprint density at radius 2 is 1.97 bits per heavy atom. The number of nitrogen functional groups attached to an aromatic ring is 1. The first-order chi connectivity index (χ1) is 16.3. The van der Waals surface area contributed by atoms with Crippen LogP contribution in [0, 0.1) is 5.82 Å². The van der Waals surface area contributed by atoms with Gasteiger partial charge in [-0.3, -0.25) is 4.79 Å². The van der Waals surface area contributed by atoms with E-state index in [1.54, 1.807) is 37.1 Å². The number of benzene rings is 1. The molecule has 34 heavy (non-hydrogen) atoms. The highest BCUT2D eigenvalue weighted by Gasteiger charge is 2.28. The van der Waals surface area contributed by atoms with Crippen LogP contribution < -0.4 is 16.4 Å². The summed E-state index contributed by atoms with van der Waals surface area (Å²) in [6.07, 6.45) is 3.79. The Kier molecular flexibility index (Phi) is 8.67. The van der Waals surface area contributed by atoms with E-state index >= 15 is 0 Å². The first-order valence-corrected chi connectivity index (χ1v) is 11.7. The van der Waals surface area contributed by atoms with Crippen LogP contribution >= 0.6 is 0 Å². The summed E-state index contributed by atoms with van der Waals surface area (Å²) in [5.41, 5.74) is 8.81. The zero-order valence-corrected chi connectivity index (χ0v) is 20.0. The maximum atomic E-state index is 13.6. The van der Waals surface area contributed by atoms with E-state index in [1.165, 1.54) is 12.1 Å². The number of halogens is 1. The molecule has 0 radical (unpaired) electrons. The summed E-state index contributed by atoms with van der Waals surface area (Å²) in [5, 5.41) is 6.04. The minimum atomic E-state index is -0.465. The second kappa shape index (κ2) is 11.7. The van der Waals surface area contributed by atoms with E-state index in [9.17, 15) is 14.0 Å². The van der Waals surface area contributed by atoms with Crippen LogP contribution in [0.25, 0.3) is 0 Å². The van der Waals surface area contributed by atoms with Crippen molar-refractivity contribution in [3.05, 3.63) is 53.5 Å². The predicted molar refractivity (Wildman–Crippen MR) is 130 cm³/mol. The fourth-order valence-electron chi connectivity index (χ4n) is 3.84. The van der Waals surface area contributed by atoms with E-state index in [2.05, 4.69) is 15.6 Å². The summed E-state index contributed by atoms with van der Waals surface area (Å²) < 4.78 is 19.1. The first-order valence-electron chi connectivity index (χ1n) is 11.7. The molecule has 1 aromatic heterocycles. The van der Waals surface area contributed by atoms with Gasteiger partial charge in [-0.05, 0) is 68.9 Å². The molecule has 2 aromatic rings. The summed E-state index contributed by atoms with van der Waals surface area (Å²) in [6, 6.07) is 7.98. The third-order valence-electron chi connectivity index (χ3n) is 5.88. The van der Waals surface area contributed by atoms with E-state index < -0.39 is 6.09 Å². The average Bonchev–Trinajstić information content (AvgIpc) is 3.64. The number of anilines is 2. The third-order valence-corrected chi connectivity index (χ3v) is 5.88. The molecule has 2 amide bonds. The van der Waals surface area contributed by atoms with Crippen molar-refractivity contribution in [3.63, 3.8) is 0 Å². The van der Waals surface area contributed by atoms with Crippen LogP contribution in [0.15, 0.2) is 36.5 Å². The van der Waals surface area contributed by atoms with Crippen LogP contribution in [0.2, 0.25) is 0 Å². The quantitative estimate of drug-likeness (QED) is 0.406. The monoisotopic (exact) mass is 471 g/mol. The molecule has 1 aromatic carbocycles. The molecule has 3 rings (SSSR count). The minimum Gasteiger partial charge on any atom is -0.447 e. The second-order valence-electron chi connectivity index (χ2n) is 9.06. The molecule has 9 heteroatoms. The molecule has 1 heterocycles. The highest BCUT2D eigenvalue weighted by Crippen LogP contribution is 2.42. The van der Waals surface area contributed by atoms with Gasteiger partial charge in [0.05, 0.1) is 18.0 Å². The lowest BCUT2D eigenvalue weighted by atomic mass is 9.97. The molecule has 0 saturated heterocycles. The molecule has 1 fully saturated rings. The molecular formula is C25H34FN5O3. The van der Waals surface area contributed by atoms with E-state index in [0.717, 1.165) is 29.7 Å². The van der Waals surface area contributed by atoms with Crippen molar-refractivity contribution in [2.45, 2.75) is 57.6 Å². The number of nitrogens with two attached hydrogens (primary N) is 1. The van der Waals surface area contributed by atoms with Gasteiger partial charge in [0, 0.05) is 31.6 Å². The number of nitrogens with one attached hydrogen (secondary N) is 2. The normalized spacial score (nSPS) is 14.9. The Hall–Kier alpha value is -3.36. The zero-order valence-electron chi connectivity index (χ0n) is 20.0. The topological polar surface area (TPSA) is 110 Å². The van der Waals surface area contributed by atoms with Gasteiger partial charge in [-0.15, -0.1) is 0 Å². The summed E-state index contributed by atoms with van der Waals surface area (Å²) in [5.74, 6) is 0.518. The van der Waals surface area contributed by atoms with E-state index in [-0.39, 0.29) is 30.4 Å². The molecular weight excluding hydrogens is 437 g/mol. The van der Waals surface area contributed by atoms with Crippen LogP contribution in [-0.4, -0.2) is 54.2 Å². The average molecular weight is 472 g/mol. The fourth-order valence-corrected chi connectivity index (χ4v) is 3.84. The van der Waals surface area contributed by atoms with E-state index in [0.29, 0.717) is 31.2 Å². The van der Waals surface area contributed by atoms with Crippen molar-refractivity contribution in [1.82, 2.24) is 15.2 Å². The Balaban J connectivity index is 1.81. The Labute approximate surface area is 200 Å². The van der Waals surface area contributed by atoms with Gasteiger partial charge in [-0.1, -0.05) is 12.1 Å². The van der Waals surface area contributed by atoms with Crippen molar-refractivity contribution in [3.8, 4) is 0 Å². The van der Waals surface area contributed by atoms with Gasteiger partial charge in [0.15, 0.2) is 0 Å². The molecule has 0 spiro atoms. The van der Waals surface area contributed by atoms with Crippen LogP contribution in [-0.2, 0) is 9.53 Å². The Morgan fingerprint density at radius 1 is 1.26 bits per heavy atom. The highest BCUT2D eigenvalue weighted by molar-refractivity contribution is 5.68. The SMILES string of the molecule is CC(C)OC(=O)N(C[C@@H](CNc1cnc(N)c(C2CC2)c1)c1ccc(F)cc1)C(C)CNC=O. The van der Waals surface area contributed by atoms with Crippen LogP contribution in [0.1, 0.15) is 56.6 Å².